The van der Waals surface area contributed by atoms with Gasteiger partial charge in [-0.15, -0.1) is 11.8 Å². The predicted molar refractivity (Wildman–Crippen MR) is 74.8 cm³/mol. The number of benzene rings is 1. The highest BCUT2D eigenvalue weighted by molar-refractivity contribution is 9.10. The molecular formula is C12H11BrN2O3S. The fraction of sp³-hybridized carbons (Fsp3) is 0.250. The van der Waals surface area contributed by atoms with E-state index < -0.39 is 12.0 Å². The zero-order valence-corrected chi connectivity index (χ0v) is 12.4. The summed E-state index contributed by atoms with van der Waals surface area (Å²) in [4.78, 5) is 22.6. The van der Waals surface area contributed by atoms with E-state index in [9.17, 15) is 9.59 Å². The van der Waals surface area contributed by atoms with Gasteiger partial charge in [-0.3, -0.25) is 4.79 Å². The molecule has 0 radical (unpaired) electrons. The average molecular weight is 343 g/mol. The van der Waals surface area contributed by atoms with Crippen molar-refractivity contribution >= 4 is 39.6 Å². The van der Waals surface area contributed by atoms with Gasteiger partial charge in [0.05, 0.1) is 5.56 Å². The number of carboxylic acid groups (broad SMARTS) is 1. The second-order valence-corrected chi connectivity index (χ2v) is 5.60. The number of nitriles is 1. The molecule has 0 aliphatic heterocycles. The van der Waals surface area contributed by atoms with Crippen LogP contribution in [0.4, 0.5) is 0 Å². The molecule has 0 heterocycles. The lowest BCUT2D eigenvalue weighted by atomic mass is 10.2. The largest absolute Gasteiger partial charge is 0.480 e. The molecule has 1 rings (SSSR count). The van der Waals surface area contributed by atoms with Crippen molar-refractivity contribution in [2.45, 2.75) is 17.9 Å². The van der Waals surface area contributed by atoms with Gasteiger partial charge in [0.25, 0.3) is 0 Å². The van der Waals surface area contributed by atoms with Gasteiger partial charge in [-0.2, -0.15) is 5.26 Å². The van der Waals surface area contributed by atoms with Crippen LogP contribution in [0, 0.1) is 11.3 Å². The summed E-state index contributed by atoms with van der Waals surface area (Å²) in [5.41, 5.74) is 0.515. The first kappa shape index (κ1) is 15.5. The molecule has 19 heavy (non-hydrogen) atoms. The first-order chi connectivity index (χ1) is 8.93. The Labute approximate surface area is 123 Å². The van der Waals surface area contributed by atoms with E-state index in [-0.39, 0.29) is 11.7 Å². The van der Waals surface area contributed by atoms with Gasteiger partial charge in [-0.1, -0.05) is 0 Å². The smallest absolute Gasteiger partial charge is 0.327 e. The van der Waals surface area contributed by atoms with Gasteiger partial charge in [-0.25, -0.2) is 4.79 Å². The normalized spacial score (nSPS) is 11.4. The number of carboxylic acids is 1. The molecule has 1 amide bonds. The molecule has 0 aliphatic carbocycles. The van der Waals surface area contributed by atoms with Crippen molar-refractivity contribution in [3.63, 3.8) is 0 Å². The SMILES string of the molecule is CC(=O)NC(CSc1ccc(C#N)c(Br)c1)C(=O)O. The lowest BCUT2D eigenvalue weighted by molar-refractivity contribution is -0.140. The number of hydrogen-bond acceptors (Lipinski definition) is 4. The highest BCUT2D eigenvalue weighted by Crippen LogP contribution is 2.25. The zero-order valence-electron chi connectivity index (χ0n) is 10.0. The molecular weight excluding hydrogens is 332 g/mol. The maximum absolute atomic E-state index is 10.9. The van der Waals surface area contributed by atoms with Crippen LogP contribution in [0.25, 0.3) is 0 Å². The van der Waals surface area contributed by atoms with Gasteiger partial charge in [0.1, 0.15) is 12.1 Å². The lowest BCUT2D eigenvalue weighted by Gasteiger charge is -2.12. The van der Waals surface area contributed by atoms with Gasteiger partial charge in [0, 0.05) is 22.0 Å². The number of nitrogens with zero attached hydrogens (tertiary/aromatic N) is 1. The number of aliphatic carboxylic acids is 1. The third-order valence-corrected chi connectivity index (χ3v) is 3.90. The molecule has 1 unspecified atom stereocenters. The molecule has 1 aromatic carbocycles. The minimum atomic E-state index is -1.07. The number of carbonyl (C=O) groups is 2. The summed E-state index contributed by atoms with van der Waals surface area (Å²) in [6.45, 7) is 1.28. The van der Waals surface area contributed by atoms with Crippen molar-refractivity contribution in [1.29, 1.82) is 5.26 Å². The second kappa shape index (κ2) is 7.16. The van der Waals surface area contributed by atoms with Crippen molar-refractivity contribution in [1.82, 2.24) is 5.32 Å². The molecule has 0 aliphatic rings. The Kier molecular flexibility index (Phi) is 5.86. The van der Waals surface area contributed by atoms with Gasteiger partial charge in [-0.05, 0) is 34.1 Å². The van der Waals surface area contributed by atoms with Crippen LogP contribution in [0.5, 0.6) is 0 Å². The summed E-state index contributed by atoms with van der Waals surface area (Å²) in [5.74, 6) is -1.24. The Morgan fingerprint density at radius 1 is 1.58 bits per heavy atom. The first-order valence-electron chi connectivity index (χ1n) is 5.26. The van der Waals surface area contributed by atoms with Crippen molar-refractivity contribution in [3.05, 3.63) is 28.2 Å². The number of halogens is 1. The second-order valence-electron chi connectivity index (χ2n) is 3.66. The van der Waals surface area contributed by atoms with E-state index in [0.29, 0.717) is 10.0 Å². The molecule has 0 aromatic heterocycles. The molecule has 5 nitrogen and oxygen atoms in total. The van der Waals surface area contributed by atoms with Crippen LogP contribution in [0.3, 0.4) is 0 Å². The molecule has 1 atom stereocenters. The molecule has 2 N–H and O–H groups in total. The maximum atomic E-state index is 10.9. The summed E-state index contributed by atoms with van der Waals surface area (Å²) >= 11 is 4.56. The van der Waals surface area contributed by atoms with Crippen molar-refractivity contribution < 1.29 is 14.7 Å². The number of carbonyl (C=O) groups excluding carboxylic acids is 1. The third kappa shape index (κ3) is 4.93. The Bertz CT molecular complexity index is 542. The maximum Gasteiger partial charge on any atom is 0.327 e. The van der Waals surface area contributed by atoms with E-state index in [0.717, 1.165) is 4.90 Å². The van der Waals surface area contributed by atoms with E-state index in [4.69, 9.17) is 10.4 Å². The van der Waals surface area contributed by atoms with E-state index in [1.807, 2.05) is 6.07 Å². The summed E-state index contributed by atoms with van der Waals surface area (Å²) in [7, 11) is 0. The lowest BCUT2D eigenvalue weighted by Crippen LogP contribution is -2.41. The Morgan fingerprint density at radius 3 is 2.74 bits per heavy atom. The molecule has 100 valence electrons. The van der Waals surface area contributed by atoms with E-state index in [1.165, 1.54) is 18.7 Å². The van der Waals surface area contributed by atoms with Crippen LogP contribution in [-0.2, 0) is 9.59 Å². The van der Waals surface area contributed by atoms with Crippen LogP contribution in [-0.4, -0.2) is 28.8 Å². The van der Waals surface area contributed by atoms with Crippen LogP contribution in [0.15, 0.2) is 27.6 Å². The Morgan fingerprint density at radius 2 is 2.26 bits per heavy atom. The first-order valence-corrected chi connectivity index (χ1v) is 7.04. The van der Waals surface area contributed by atoms with Crippen LogP contribution < -0.4 is 5.32 Å². The summed E-state index contributed by atoms with van der Waals surface area (Å²) in [6, 6.07) is 6.23. The zero-order chi connectivity index (χ0) is 14.4. The topological polar surface area (TPSA) is 90.2 Å². The average Bonchev–Trinajstić information content (AvgIpc) is 2.34. The third-order valence-electron chi connectivity index (χ3n) is 2.15. The summed E-state index contributed by atoms with van der Waals surface area (Å²) < 4.78 is 0.659. The molecule has 0 saturated carbocycles. The number of nitrogens with one attached hydrogen (secondary N) is 1. The fourth-order valence-corrected chi connectivity index (χ4v) is 2.85. The van der Waals surface area contributed by atoms with Gasteiger partial charge in [0.15, 0.2) is 0 Å². The monoisotopic (exact) mass is 342 g/mol. The Hall–Kier alpha value is -1.52. The van der Waals surface area contributed by atoms with Gasteiger partial charge < -0.3 is 10.4 Å². The van der Waals surface area contributed by atoms with E-state index >= 15 is 0 Å². The van der Waals surface area contributed by atoms with Crippen LogP contribution in [0.1, 0.15) is 12.5 Å². The van der Waals surface area contributed by atoms with Gasteiger partial charge in [0.2, 0.25) is 5.91 Å². The van der Waals surface area contributed by atoms with E-state index in [1.54, 1.807) is 18.2 Å². The predicted octanol–water partition coefficient (Wildman–Crippen LogP) is 2.00. The van der Waals surface area contributed by atoms with Crippen molar-refractivity contribution in [3.8, 4) is 6.07 Å². The fourth-order valence-electron chi connectivity index (χ4n) is 1.28. The number of thioether (sulfide) groups is 1. The van der Waals surface area contributed by atoms with E-state index in [2.05, 4.69) is 21.2 Å². The summed E-state index contributed by atoms with van der Waals surface area (Å²) in [6.07, 6.45) is 0. The highest BCUT2D eigenvalue weighted by Gasteiger charge is 2.18. The van der Waals surface area contributed by atoms with Crippen molar-refractivity contribution in [2.24, 2.45) is 0 Å². The molecule has 0 spiro atoms. The van der Waals surface area contributed by atoms with Crippen LogP contribution in [0.2, 0.25) is 0 Å². The standard InChI is InChI=1S/C12H11BrN2O3S/c1-7(16)15-11(12(17)18)6-19-9-3-2-8(5-14)10(13)4-9/h2-4,11H,6H2,1H3,(H,15,16)(H,17,18). The number of amides is 1. The molecule has 0 fully saturated rings. The molecule has 7 heteroatoms. The highest BCUT2D eigenvalue weighted by atomic mass is 79.9. The van der Waals surface area contributed by atoms with Crippen LogP contribution >= 0.6 is 27.7 Å². The summed E-state index contributed by atoms with van der Waals surface area (Å²) in [5, 5.41) is 20.1. The minimum Gasteiger partial charge on any atom is -0.480 e. The number of hydrogen-bond donors (Lipinski definition) is 2. The Balaban J connectivity index is 2.69. The molecule has 0 saturated heterocycles. The quantitative estimate of drug-likeness (QED) is 0.798. The molecule has 1 aromatic rings. The number of rotatable bonds is 5. The van der Waals surface area contributed by atoms with Crippen molar-refractivity contribution in [2.75, 3.05) is 5.75 Å². The molecule has 0 bridgehead atoms. The van der Waals surface area contributed by atoms with Gasteiger partial charge >= 0.3 is 5.97 Å². The minimum absolute atomic E-state index is 0.216.